The zero-order chi connectivity index (χ0) is 25.0. The third-order valence-electron chi connectivity index (χ3n) is 5.36. The van der Waals surface area contributed by atoms with Crippen LogP contribution in [0.1, 0.15) is 25.0 Å². The molecule has 2 aromatic rings. The average molecular weight is 475 g/mol. The monoisotopic (exact) mass is 475 g/mol. The van der Waals surface area contributed by atoms with Crippen LogP contribution >= 0.6 is 0 Å². The number of alkyl halides is 3. The molecule has 180 valence electrons. The Kier molecular flexibility index (Phi) is 7.41. The van der Waals surface area contributed by atoms with Crippen LogP contribution in [0.4, 0.5) is 13.2 Å². The average Bonchev–Trinajstić information content (AvgIpc) is 2.79. The predicted octanol–water partition coefficient (Wildman–Crippen LogP) is 2.97. The lowest BCUT2D eigenvalue weighted by atomic mass is 9.99. The topological polar surface area (TPSA) is 81.2 Å². The lowest BCUT2D eigenvalue weighted by Gasteiger charge is -2.45. The molecular weight excluding hydrogens is 451 g/mol. The van der Waals surface area contributed by atoms with Gasteiger partial charge in [0.1, 0.15) is 6.54 Å². The largest absolute Gasteiger partial charge is 0.416 e. The summed E-state index contributed by atoms with van der Waals surface area (Å²) in [5, 5.41) is 11.8. The molecule has 0 saturated heterocycles. The van der Waals surface area contributed by atoms with Gasteiger partial charge in [0.25, 0.3) is 5.91 Å². The van der Waals surface area contributed by atoms with Crippen molar-refractivity contribution in [1.29, 1.82) is 0 Å². The molecule has 0 saturated carbocycles. The fourth-order valence-corrected chi connectivity index (χ4v) is 3.77. The zero-order valence-electron chi connectivity index (χ0n) is 18.6. The molecule has 2 atom stereocenters. The number of hydrazine groups is 1. The van der Waals surface area contributed by atoms with Gasteiger partial charge >= 0.3 is 6.18 Å². The summed E-state index contributed by atoms with van der Waals surface area (Å²) in [6.07, 6.45) is -7.06. The Bertz CT molecular complexity index is 1070. The van der Waals surface area contributed by atoms with Crippen molar-refractivity contribution in [2.75, 3.05) is 6.54 Å². The number of carbonyl (C=O) groups excluding carboxylic acids is 3. The van der Waals surface area contributed by atoms with Gasteiger partial charge in [-0.2, -0.15) is 13.2 Å². The first-order valence-electron chi connectivity index (χ1n) is 10.5. The Morgan fingerprint density at radius 3 is 2.09 bits per heavy atom. The van der Waals surface area contributed by atoms with Crippen LogP contribution in [0.15, 0.2) is 66.9 Å². The quantitative estimate of drug-likeness (QED) is 0.697. The van der Waals surface area contributed by atoms with Crippen LogP contribution in [0, 0.1) is 0 Å². The third-order valence-corrected chi connectivity index (χ3v) is 5.36. The van der Waals surface area contributed by atoms with Gasteiger partial charge in [-0.3, -0.25) is 14.4 Å². The third kappa shape index (κ3) is 5.45. The van der Waals surface area contributed by atoms with E-state index in [-0.39, 0.29) is 12.1 Å². The van der Waals surface area contributed by atoms with Gasteiger partial charge in [0.15, 0.2) is 6.10 Å². The van der Waals surface area contributed by atoms with Gasteiger partial charge in [0, 0.05) is 25.6 Å². The van der Waals surface area contributed by atoms with Crippen molar-refractivity contribution in [3.8, 4) is 0 Å². The zero-order valence-corrected chi connectivity index (χ0v) is 18.6. The van der Waals surface area contributed by atoms with Crippen LogP contribution < -0.4 is 0 Å². The second-order valence-corrected chi connectivity index (χ2v) is 7.84. The minimum Gasteiger partial charge on any atom is -0.382 e. The van der Waals surface area contributed by atoms with E-state index in [9.17, 15) is 32.7 Å². The number of aliphatic hydroxyl groups is 1. The molecule has 0 aliphatic carbocycles. The summed E-state index contributed by atoms with van der Waals surface area (Å²) in [4.78, 5) is 39.1. The van der Waals surface area contributed by atoms with Crippen LogP contribution in [0.25, 0.3) is 5.70 Å². The Balaban J connectivity index is 2.17. The van der Waals surface area contributed by atoms with Crippen molar-refractivity contribution in [1.82, 2.24) is 14.9 Å². The normalized spacial score (nSPS) is 16.1. The highest BCUT2D eigenvalue weighted by atomic mass is 19.4. The van der Waals surface area contributed by atoms with E-state index in [4.69, 9.17) is 0 Å². The molecule has 2 unspecified atom stereocenters. The van der Waals surface area contributed by atoms with Crippen LogP contribution in [0.5, 0.6) is 0 Å². The molecule has 3 rings (SSSR count). The molecular formula is C24H24F3N3O4. The fraction of sp³-hybridized carbons (Fsp3) is 0.292. The number of halogens is 3. The number of amides is 3. The molecule has 10 heteroatoms. The Labute approximate surface area is 194 Å². The van der Waals surface area contributed by atoms with E-state index in [2.05, 4.69) is 0 Å². The number of nitrogens with zero attached hydrogens (tertiary/aromatic N) is 3. The molecule has 1 heterocycles. The van der Waals surface area contributed by atoms with Crippen LogP contribution in [-0.4, -0.2) is 62.6 Å². The fourth-order valence-electron chi connectivity index (χ4n) is 3.77. The highest BCUT2D eigenvalue weighted by molar-refractivity contribution is 5.95. The number of benzene rings is 2. The highest BCUT2D eigenvalue weighted by Gasteiger charge is 2.49. The maximum atomic E-state index is 13.7. The van der Waals surface area contributed by atoms with Gasteiger partial charge in [-0.05, 0) is 12.0 Å². The van der Waals surface area contributed by atoms with E-state index < -0.39 is 42.6 Å². The standard InChI is InChI=1S/C24H24F3N3O4/c1-16(31)28-14-21(19-11-7-4-8-12-19)30(22(33)15-28)29(17(2)32)20(23(34)24(25,26)27)13-18-9-5-3-6-10-18/h3-12,14,20,23,34H,13,15H2,1-2H3. The number of aliphatic hydroxyl groups excluding tert-OH is 1. The minimum atomic E-state index is -5.06. The second kappa shape index (κ2) is 10.1. The van der Waals surface area contributed by atoms with Gasteiger partial charge in [-0.1, -0.05) is 60.7 Å². The van der Waals surface area contributed by atoms with Crippen LogP contribution in [-0.2, 0) is 20.8 Å². The first-order valence-corrected chi connectivity index (χ1v) is 10.5. The predicted molar refractivity (Wildman–Crippen MR) is 117 cm³/mol. The van der Waals surface area contributed by atoms with Crippen molar-refractivity contribution < 1.29 is 32.7 Å². The lowest BCUT2D eigenvalue weighted by Crippen LogP contribution is -2.62. The number of hydrogen-bond donors (Lipinski definition) is 1. The summed E-state index contributed by atoms with van der Waals surface area (Å²) in [6.45, 7) is 1.79. The van der Waals surface area contributed by atoms with E-state index in [1.807, 2.05) is 0 Å². The highest BCUT2D eigenvalue weighted by Crippen LogP contribution is 2.33. The van der Waals surface area contributed by atoms with Crippen molar-refractivity contribution >= 4 is 23.4 Å². The summed E-state index contributed by atoms with van der Waals surface area (Å²) in [6, 6.07) is 14.4. The molecule has 0 bridgehead atoms. The molecule has 0 spiro atoms. The van der Waals surface area contributed by atoms with Crippen molar-refractivity contribution in [3.63, 3.8) is 0 Å². The molecule has 1 N–H and O–H groups in total. The van der Waals surface area contributed by atoms with Crippen LogP contribution in [0.2, 0.25) is 0 Å². The summed E-state index contributed by atoms with van der Waals surface area (Å²) in [7, 11) is 0. The van der Waals surface area contributed by atoms with Gasteiger partial charge in [-0.15, -0.1) is 0 Å². The maximum Gasteiger partial charge on any atom is 0.416 e. The van der Waals surface area contributed by atoms with E-state index in [0.29, 0.717) is 16.1 Å². The lowest BCUT2D eigenvalue weighted by molar-refractivity contribution is -0.231. The van der Waals surface area contributed by atoms with Gasteiger partial charge in [0.05, 0.1) is 11.7 Å². The first kappa shape index (κ1) is 25.0. The summed E-state index contributed by atoms with van der Waals surface area (Å²) in [5.41, 5.74) is 0.866. The minimum absolute atomic E-state index is 0.0367. The molecule has 3 amide bonds. The number of carbonyl (C=O) groups is 3. The van der Waals surface area contributed by atoms with E-state index in [1.54, 1.807) is 60.7 Å². The van der Waals surface area contributed by atoms with Gasteiger partial charge in [-0.25, -0.2) is 10.0 Å². The molecule has 1 aliphatic rings. The van der Waals surface area contributed by atoms with E-state index >= 15 is 0 Å². The summed E-state index contributed by atoms with van der Waals surface area (Å²) >= 11 is 0. The van der Waals surface area contributed by atoms with Crippen molar-refractivity contribution in [3.05, 3.63) is 78.0 Å². The molecule has 2 aromatic carbocycles. The smallest absolute Gasteiger partial charge is 0.382 e. The summed E-state index contributed by atoms with van der Waals surface area (Å²) < 4.78 is 41.2. The molecule has 34 heavy (non-hydrogen) atoms. The maximum absolute atomic E-state index is 13.7. The molecule has 0 radical (unpaired) electrons. The van der Waals surface area contributed by atoms with Crippen molar-refractivity contribution in [2.45, 2.75) is 38.6 Å². The van der Waals surface area contributed by atoms with E-state index in [1.165, 1.54) is 13.1 Å². The number of hydrogen-bond acceptors (Lipinski definition) is 4. The summed E-state index contributed by atoms with van der Waals surface area (Å²) in [5.74, 6) is -2.12. The molecule has 0 aromatic heterocycles. The van der Waals surface area contributed by atoms with E-state index in [0.717, 1.165) is 16.8 Å². The Hall–Kier alpha value is -3.66. The first-order chi connectivity index (χ1) is 16.0. The Morgan fingerprint density at radius 1 is 1.03 bits per heavy atom. The second-order valence-electron chi connectivity index (χ2n) is 7.84. The molecule has 7 nitrogen and oxygen atoms in total. The van der Waals surface area contributed by atoms with Gasteiger partial charge < -0.3 is 10.0 Å². The van der Waals surface area contributed by atoms with Crippen molar-refractivity contribution in [2.24, 2.45) is 0 Å². The number of rotatable bonds is 6. The molecule has 1 aliphatic heterocycles. The molecule has 0 fully saturated rings. The van der Waals surface area contributed by atoms with Crippen LogP contribution in [0.3, 0.4) is 0 Å². The SMILES string of the molecule is CC(=O)N1C=C(c2ccccc2)N(N(C(C)=O)C(Cc2ccccc2)C(O)C(F)(F)F)C(=O)C1. The van der Waals surface area contributed by atoms with Gasteiger partial charge in [0.2, 0.25) is 11.8 Å². The Morgan fingerprint density at radius 2 is 1.59 bits per heavy atom.